The average molecular weight is 927 g/mol. The summed E-state index contributed by atoms with van der Waals surface area (Å²) in [6.07, 6.45) is 48.5. The first kappa shape index (κ1) is 62.2. The zero-order chi connectivity index (χ0) is 47.3. The number of hydrogen-bond donors (Lipinski definition) is 6. The summed E-state index contributed by atoms with van der Waals surface area (Å²) in [7, 11) is 0. The summed E-state index contributed by atoms with van der Waals surface area (Å²) >= 11 is 0. The number of amides is 1. The lowest BCUT2D eigenvalue weighted by Crippen LogP contribution is -2.60. The molecule has 0 saturated carbocycles. The molecule has 9 heteroatoms. The molecule has 9 nitrogen and oxygen atoms in total. The van der Waals surface area contributed by atoms with Gasteiger partial charge in [0.1, 0.15) is 24.4 Å². The van der Waals surface area contributed by atoms with Gasteiger partial charge in [0.15, 0.2) is 6.29 Å². The number of unbranched alkanes of at least 4 members (excludes halogenated alkanes) is 40. The smallest absolute Gasteiger partial charge is 0.220 e. The zero-order valence-electron chi connectivity index (χ0n) is 43.0. The first-order valence-corrected chi connectivity index (χ1v) is 28.7. The number of rotatable bonds is 50. The number of carbonyl (C=O) groups excluding carboxylic acids is 1. The van der Waals surface area contributed by atoms with Crippen LogP contribution in [-0.2, 0) is 14.3 Å². The fourth-order valence-corrected chi connectivity index (χ4v) is 9.64. The number of nitrogens with one attached hydrogen (secondary N) is 1. The van der Waals surface area contributed by atoms with Gasteiger partial charge in [0.05, 0.1) is 25.4 Å². The minimum absolute atomic E-state index is 0.131. The number of carbonyl (C=O) groups is 1. The number of hydrogen-bond acceptors (Lipinski definition) is 8. The van der Waals surface area contributed by atoms with E-state index in [0.717, 1.165) is 38.5 Å². The molecular formula is C56H111NO8. The fraction of sp³-hybridized carbons (Fsp3) is 0.982. The van der Waals surface area contributed by atoms with Gasteiger partial charge in [0.2, 0.25) is 5.91 Å². The molecule has 1 rings (SSSR count). The summed E-state index contributed by atoms with van der Waals surface area (Å²) < 4.78 is 11.3. The molecule has 1 fully saturated rings. The van der Waals surface area contributed by atoms with Crippen LogP contribution in [0.4, 0.5) is 0 Å². The standard InChI is InChI=1S/C56H111NO8/c1-3-5-7-9-11-13-15-17-19-21-22-23-24-25-26-27-28-29-30-32-34-36-38-40-42-44-46-52(60)57-49(48-64-56-55(63)54(62)53(61)51(47-58)65-56)50(59)45-43-41-39-37-35-33-31-20-18-16-14-12-10-8-6-4-2/h49-51,53-56,58-59,61-63H,3-48H2,1-2H3,(H,57,60). The largest absolute Gasteiger partial charge is 0.394 e. The topological polar surface area (TPSA) is 149 Å². The van der Waals surface area contributed by atoms with Crippen LogP contribution in [0.5, 0.6) is 0 Å². The molecule has 6 N–H and O–H groups in total. The van der Waals surface area contributed by atoms with Crippen LogP contribution in [0.15, 0.2) is 0 Å². The monoisotopic (exact) mass is 926 g/mol. The Labute approximate surface area is 402 Å². The van der Waals surface area contributed by atoms with E-state index >= 15 is 0 Å². The average Bonchev–Trinajstić information content (AvgIpc) is 3.31. The minimum Gasteiger partial charge on any atom is -0.394 e. The predicted molar refractivity (Wildman–Crippen MR) is 272 cm³/mol. The second kappa shape index (κ2) is 46.9. The van der Waals surface area contributed by atoms with Crippen molar-refractivity contribution in [3.63, 3.8) is 0 Å². The SMILES string of the molecule is CCCCCCCCCCCCCCCCCCCCCCCCCCCCC(=O)NC(COC1OC(CO)C(O)C(O)C1O)C(O)CCCCCCCCCCCCCCCCCC. The van der Waals surface area contributed by atoms with Crippen LogP contribution in [0.3, 0.4) is 0 Å². The highest BCUT2D eigenvalue weighted by molar-refractivity contribution is 5.76. The number of aliphatic hydroxyl groups is 5. The molecule has 7 unspecified atom stereocenters. The van der Waals surface area contributed by atoms with E-state index in [0.29, 0.717) is 12.8 Å². The van der Waals surface area contributed by atoms with E-state index in [2.05, 4.69) is 19.2 Å². The Morgan fingerprint density at radius 2 is 0.769 bits per heavy atom. The molecule has 1 aliphatic rings. The molecule has 0 aliphatic carbocycles. The van der Waals surface area contributed by atoms with Gasteiger partial charge in [-0.15, -0.1) is 0 Å². The molecule has 1 aliphatic heterocycles. The molecule has 1 saturated heterocycles. The molecule has 0 aromatic heterocycles. The Balaban J connectivity index is 2.16. The Morgan fingerprint density at radius 3 is 1.09 bits per heavy atom. The second-order valence-corrected chi connectivity index (χ2v) is 20.5. The lowest BCUT2D eigenvalue weighted by molar-refractivity contribution is -0.302. The van der Waals surface area contributed by atoms with E-state index in [-0.39, 0.29) is 12.5 Å². The van der Waals surface area contributed by atoms with Gasteiger partial charge in [-0.3, -0.25) is 4.79 Å². The quantitative estimate of drug-likeness (QED) is 0.0330. The van der Waals surface area contributed by atoms with Crippen LogP contribution in [-0.4, -0.2) is 87.5 Å². The van der Waals surface area contributed by atoms with Crippen molar-refractivity contribution >= 4 is 5.91 Å². The maximum atomic E-state index is 13.1. The normalized spacial score (nSPS) is 19.8. The van der Waals surface area contributed by atoms with E-state index in [1.54, 1.807) is 0 Å². The fourth-order valence-electron chi connectivity index (χ4n) is 9.64. The Morgan fingerprint density at radius 1 is 0.462 bits per heavy atom. The van der Waals surface area contributed by atoms with Crippen LogP contribution in [0.25, 0.3) is 0 Å². The van der Waals surface area contributed by atoms with Gasteiger partial charge in [-0.05, 0) is 12.8 Å². The second-order valence-electron chi connectivity index (χ2n) is 20.5. The summed E-state index contributed by atoms with van der Waals surface area (Å²) in [6, 6.07) is -0.713. The highest BCUT2D eigenvalue weighted by Gasteiger charge is 2.44. The van der Waals surface area contributed by atoms with Crippen molar-refractivity contribution in [1.82, 2.24) is 5.32 Å². The molecule has 0 aromatic rings. The summed E-state index contributed by atoms with van der Waals surface area (Å²) in [6.45, 7) is 3.88. The summed E-state index contributed by atoms with van der Waals surface area (Å²) in [5, 5.41) is 54.6. The van der Waals surface area contributed by atoms with E-state index in [4.69, 9.17) is 9.47 Å². The third-order valence-corrected chi connectivity index (χ3v) is 14.2. The van der Waals surface area contributed by atoms with Crippen LogP contribution in [0, 0.1) is 0 Å². The van der Waals surface area contributed by atoms with Gasteiger partial charge in [-0.25, -0.2) is 0 Å². The Bertz CT molecular complexity index is 986. The van der Waals surface area contributed by atoms with Crippen LogP contribution in [0.2, 0.25) is 0 Å². The van der Waals surface area contributed by atoms with Crippen molar-refractivity contribution in [3.05, 3.63) is 0 Å². The summed E-state index contributed by atoms with van der Waals surface area (Å²) in [4.78, 5) is 13.1. The molecule has 0 spiro atoms. The third-order valence-electron chi connectivity index (χ3n) is 14.2. The molecule has 65 heavy (non-hydrogen) atoms. The van der Waals surface area contributed by atoms with Crippen molar-refractivity contribution in [2.45, 2.75) is 339 Å². The van der Waals surface area contributed by atoms with E-state index in [1.165, 1.54) is 231 Å². The molecule has 0 bridgehead atoms. The predicted octanol–water partition coefficient (Wildman–Crippen LogP) is 13.9. The van der Waals surface area contributed by atoms with Crippen molar-refractivity contribution in [2.24, 2.45) is 0 Å². The zero-order valence-corrected chi connectivity index (χ0v) is 43.0. The first-order valence-electron chi connectivity index (χ1n) is 28.7. The van der Waals surface area contributed by atoms with Crippen molar-refractivity contribution in [3.8, 4) is 0 Å². The molecule has 1 heterocycles. The highest BCUT2D eigenvalue weighted by Crippen LogP contribution is 2.23. The van der Waals surface area contributed by atoms with Gasteiger partial charge in [-0.2, -0.15) is 0 Å². The van der Waals surface area contributed by atoms with Gasteiger partial charge in [-0.1, -0.05) is 277 Å². The third kappa shape index (κ3) is 36.8. The lowest BCUT2D eigenvalue weighted by Gasteiger charge is -2.40. The van der Waals surface area contributed by atoms with Gasteiger partial charge >= 0.3 is 0 Å². The van der Waals surface area contributed by atoms with Crippen LogP contribution >= 0.6 is 0 Å². The van der Waals surface area contributed by atoms with Crippen LogP contribution in [0.1, 0.15) is 296 Å². The molecule has 0 radical (unpaired) electrons. The number of ether oxygens (including phenoxy) is 2. The van der Waals surface area contributed by atoms with Crippen molar-refractivity contribution in [1.29, 1.82) is 0 Å². The lowest BCUT2D eigenvalue weighted by atomic mass is 9.99. The van der Waals surface area contributed by atoms with Gasteiger partial charge < -0.3 is 40.3 Å². The van der Waals surface area contributed by atoms with E-state index in [1.807, 2.05) is 0 Å². The summed E-state index contributed by atoms with van der Waals surface area (Å²) in [5.41, 5.74) is 0. The van der Waals surface area contributed by atoms with Gasteiger partial charge in [0.25, 0.3) is 0 Å². The molecular weight excluding hydrogens is 815 g/mol. The molecule has 388 valence electrons. The molecule has 0 aromatic carbocycles. The van der Waals surface area contributed by atoms with Crippen LogP contribution < -0.4 is 5.32 Å². The number of aliphatic hydroxyl groups excluding tert-OH is 5. The Hall–Kier alpha value is -0.810. The van der Waals surface area contributed by atoms with E-state index in [9.17, 15) is 30.3 Å². The highest BCUT2D eigenvalue weighted by atomic mass is 16.7. The first-order chi connectivity index (χ1) is 31.8. The summed E-state index contributed by atoms with van der Waals surface area (Å²) in [5.74, 6) is -0.136. The molecule has 7 atom stereocenters. The maximum absolute atomic E-state index is 13.1. The van der Waals surface area contributed by atoms with Gasteiger partial charge in [0, 0.05) is 6.42 Å². The van der Waals surface area contributed by atoms with E-state index < -0.39 is 49.5 Å². The molecule has 1 amide bonds. The minimum atomic E-state index is -1.55. The Kier molecular flexibility index (Phi) is 44.9. The van der Waals surface area contributed by atoms with Crippen molar-refractivity contribution in [2.75, 3.05) is 13.2 Å². The maximum Gasteiger partial charge on any atom is 0.220 e. The van der Waals surface area contributed by atoms with Crippen molar-refractivity contribution < 1.29 is 39.8 Å².